The van der Waals surface area contributed by atoms with E-state index in [9.17, 15) is 9.59 Å². The molecule has 0 unspecified atom stereocenters. The molecule has 1 amide bonds. The number of rotatable bonds is 5. The lowest BCUT2D eigenvalue weighted by molar-refractivity contribution is -0.123. The van der Waals surface area contributed by atoms with Crippen molar-refractivity contribution < 1.29 is 9.53 Å². The molecule has 0 aliphatic rings. The number of hydrogen-bond acceptors (Lipinski definition) is 3. The van der Waals surface area contributed by atoms with Crippen LogP contribution in [-0.2, 0) is 11.3 Å². The van der Waals surface area contributed by atoms with Gasteiger partial charge in [-0.15, -0.1) is 0 Å². The normalized spacial score (nSPS) is 10.7. The summed E-state index contributed by atoms with van der Waals surface area (Å²) in [5.74, 6) is 0.367. The molecule has 3 aromatic rings. The zero-order valence-corrected chi connectivity index (χ0v) is 15.2. The van der Waals surface area contributed by atoms with Gasteiger partial charge in [0.2, 0.25) is 0 Å². The average Bonchev–Trinajstić information content (AvgIpc) is 2.59. The number of aromatic nitrogens is 1. The molecule has 2 aromatic carbocycles. The highest BCUT2D eigenvalue weighted by Gasteiger charge is 2.08. The first kappa shape index (κ1) is 17.7. The smallest absolute Gasteiger partial charge is 0.258 e. The molecule has 0 aliphatic heterocycles. The first-order valence-corrected chi connectivity index (χ1v) is 8.52. The minimum Gasteiger partial charge on any atom is -0.484 e. The van der Waals surface area contributed by atoms with Crippen molar-refractivity contribution >= 4 is 16.8 Å². The van der Waals surface area contributed by atoms with Gasteiger partial charge in [0.05, 0.1) is 0 Å². The van der Waals surface area contributed by atoms with Gasteiger partial charge in [-0.25, -0.2) is 0 Å². The highest BCUT2D eigenvalue weighted by Crippen LogP contribution is 2.18. The number of pyridine rings is 1. The van der Waals surface area contributed by atoms with Gasteiger partial charge in [-0.05, 0) is 56.2 Å². The van der Waals surface area contributed by atoms with Crippen molar-refractivity contribution in [1.82, 2.24) is 10.3 Å². The number of ether oxygens (including phenoxy) is 1. The third-order valence-electron chi connectivity index (χ3n) is 4.26. The van der Waals surface area contributed by atoms with Crippen molar-refractivity contribution in [1.29, 1.82) is 0 Å². The molecule has 26 heavy (non-hydrogen) atoms. The van der Waals surface area contributed by atoms with Gasteiger partial charge in [0, 0.05) is 23.0 Å². The van der Waals surface area contributed by atoms with E-state index >= 15 is 0 Å². The van der Waals surface area contributed by atoms with E-state index in [1.807, 2.05) is 57.2 Å². The van der Waals surface area contributed by atoms with Crippen LogP contribution in [0.5, 0.6) is 5.75 Å². The Morgan fingerprint density at radius 2 is 1.77 bits per heavy atom. The maximum absolute atomic E-state index is 12.2. The third-order valence-corrected chi connectivity index (χ3v) is 4.26. The van der Waals surface area contributed by atoms with Crippen LogP contribution in [0.4, 0.5) is 0 Å². The summed E-state index contributed by atoms with van der Waals surface area (Å²) in [6, 6.07) is 13.3. The van der Waals surface area contributed by atoms with Crippen LogP contribution in [-0.4, -0.2) is 17.5 Å². The standard InChI is InChI=1S/C21H22N2O3/c1-13-4-6-17(7-5-13)26-12-20(24)22-11-16-10-18-15(3)8-14(2)9-19(18)23-21(16)25/h4-10H,11-12H2,1-3H3,(H,22,24)(H,23,25). The Kier molecular flexibility index (Phi) is 5.07. The first-order chi connectivity index (χ1) is 12.4. The second-order valence-corrected chi connectivity index (χ2v) is 6.55. The molecule has 0 aliphatic carbocycles. The van der Waals surface area contributed by atoms with Gasteiger partial charge in [0.15, 0.2) is 6.61 Å². The van der Waals surface area contributed by atoms with Crippen molar-refractivity contribution in [3.05, 3.63) is 75.1 Å². The van der Waals surface area contributed by atoms with Crippen molar-refractivity contribution in [2.75, 3.05) is 6.61 Å². The largest absolute Gasteiger partial charge is 0.484 e. The van der Waals surface area contributed by atoms with E-state index in [1.54, 1.807) is 0 Å². The Morgan fingerprint density at radius 1 is 1.04 bits per heavy atom. The number of fused-ring (bicyclic) bond motifs is 1. The lowest BCUT2D eigenvalue weighted by Crippen LogP contribution is -2.30. The van der Waals surface area contributed by atoms with Gasteiger partial charge in [-0.1, -0.05) is 23.8 Å². The fraction of sp³-hybridized carbons (Fsp3) is 0.238. The minimum absolute atomic E-state index is 0.0905. The number of aromatic amines is 1. The predicted molar refractivity (Wildman–Crippen MR) is 103 cm³/mol. The number of hydrogen-bond donors (Lipinski definition) is 2. The molecule has 5 heteroatoms. The molecule has 1 aromatic heterocycles. The molecule has 134 valence electrons. The van der Waals surface area contributed by atoms with E-state index in [0.29, 0.717) is 11.3 Å². The average molecular weight is 350 g/mol. The summed E-state index contributed by atoms with van der Waals surface area (Å²) in [6.07, 6.45) is 0. The van der Waals surface area contributed by atoms with Crippen LogP contribution < -0.4 is 15.6 Å². The number of aryl methyl sites for hydroxylation is 3. The van der Waals surface area contributed by atoms with Gasteiger partial charge < -0.3 is 15.0 Å². The lowest BCUT2D eigenvalue weighted by atomic mass is 10.0. The zero-order chi connectivity index (χ0) is 18.7. The monoisotopic (exact) mass is 350 g/mol. The maximum Gasteiger partial charge on any atom is 0.258 e. The molecule has 0 saturated carbocycles. The van der Waals surface area contributed by atoms with Gasteiger partial charge >= 0.3 is 0 Å². The highest BCUT2D eigenvalue weighted by molar-refractivity contribution is 5.83. The van der Waals surface area contributed by atoms with E-state index in [4.69, 9.17) is 4.74 Å². The van der Waals surface area contributed by atoms with Crippen LogP contribution in [0.1, 0.15) is 22.3 Å². The summed E-state index contributed by atoms with van der Waals surface area (Å²) in [7, 11) is 0. The van der Waals surface area contributed by atoms with Crippen molar-refractivity contribution in [3.8, 4) is 5.75 Å². The fourth-order valence-corrected chi connectivity index (χ4v) is 2.88. The topological polar surface area (TPSA) is 71.2 Å². The number of benzene rings is 2. The SMILES string of the molecule is Cc1ccc(OCC(=O)NCc2cc3c(C)cc(C)cc3[nH]c2=O)cc1. The highest BCUT2D eigenvalue weighted by atomic mass is 16.5. The molecule has 0 spiro atoms. The Bertz CT molecular complexity index is 1000. The Morgan fingerprint density at radius 3 is 2.50 bits per heavy atom. The Hall–Kier alpha value is -3.08. The lowest BCUT2D eigenvalue weighted by Gasteiger charge is -2.09. The Balaban J connectivity index is 1.65. The van der Waals surface area contributed by atoms with E-state index in [2.05, 4.69) is 16.4 Å². The van der Waals surface area contributed by atoms with Crippen molar-refractivity contribution in [2.24, 2.45) is 0 Å². The fourth-order valence-electron chi connectivity index (χ4n) is 2.88. The molecular weight excluding hydrogens is 328 g/mol. The van der Waals surface area contributed by atoms with Crippen molar-refractivity contribution in [2.45, 2.75) is 27.3 Å². The molecule has 2 N–H and O–H groups in total. The van der Waals surface area contributed by atoms with Crippen LogP contribution >= 0.6 is 0 Å². The summed E-state index contributed by atoms with van der Waals surface area (Å²) in [5, 5.41) is 3.71. The van der Waals surface area contributed by atoms with Gasteiger partial charge in [0.1, 0.15) is 5.75 Å². The second kappa shape index (κ2) is 7.44. The zero-order valence-electron chi connectivity index (χ0n) is 15.2. The number of H-pyrrole nitrogens is 1. The van der Waals surface area contributed by atoms with Gasteiger partial charge in [-0.3, -0.25) is 9.59 Å². The van der Waals surface area contributed by atoms with Crippen LogP contribution in [0.25, 0.3) is 10.9 Å². The van der Waals surface area contributed by atoms with Crippen LogP contribution in [0.2, 0.25) is 0 Å². The number of nitrogens with one attached hydrogen (secondary N) is 2. The Labute approximate surface area is 152 Å². The third kappa shape index (κ3) is 4.11. The first-order valence-electron chi connectivity index (χ1n) is 8.52. The van der Waals surface area contributed by atoms with Crippen LogP contribution in [0, 0.1) is 20.8 Å². The number of amides is 1. The molecule has 0 atom stereocenters. The van der Waals surface area contributed by atoms with E-state index < -0.39 is 0 Å². The minimum atomic E-state index is -0.272. The molecule has 5 nitrogen and oxygen atoms in total. The van der Waals surface area contributed by atoms with Crippen LogP contribution in [0.3, 0.4) is 0 Å². The summed E-state index contributed by atoms with van der Waals surface area (Å²) in [6.45, 7) is 6.06. The predicted octanol–water partition coefficient (Wildman–Crippen LogP) is 3.15. The van der Waals surface area contributed by atoms with Crippen molar-refractivity contribution in [3.63, 3.8) is 0 Å². The van der Waals surface area contributed by atoms with Gasteiger partial charge in [-0.2, -0.15) is 0 Å². The summed E-state index contributed by atoms with van der Waals surface area (Å²) in [5.41, 5.74) is 4.45. The van der Waals surface area contributed by atoms with E-state index in [1.165, 1.54) is 0 Å². The summed E-state index contributed by atoms with van der Waals surface area (Å²) < 4.78 is 5.45. The summed E-state index contributed by atoms with van der Waals surface area (Å²) >= 11 is 0. The molecule has 0 bridgehead atoms. The summed E-state index contributed by atoms with van der Waals surface area (Å²) in [4.78, 5) is 27.1. The van der Waals surface area contributed by atoms with E-state index in [0.717, 1.165) is 27.6 Å². The molecular formula is C21H22N2O3. The molecule has 0 radical (unpaired) electrons. The second-order valence-electron chi connectivity index (χ2n) is 6.55. The molecule has 0 fully saturated rings. The molecule has 3 rings (SSSR count). The van der Waals surface area contributed by atoms with E-state index in [-0.39, 0.29) is 24.6 Å². The maximum atomic E-state index is 12.2. The number of carbonyl (C=O) groups is 1. The molecule has 0 saturated heterocycles. The van der Waals surface area contributed by atoms with Gasteiger partial charge in [0.25, 0.3) is 11.5 Å². The molecule has 1 heterocycles. The van der Waals surface area contributed by atoms with Crippen LogP contribution in [0.15, 0.2) is 47.3 Å². The number of carbonyl (C=O) groups excluding carboxylic acids is 1. The quantitative estimate of drug-likeness (QED) is 0.742.